The highest BCUT2D eigenvalue weighted by atomic mass is 16.6. The molecule has 6 heteroatoms. The summed E-state index contributed by atoms with van der Waals surface area (Å²) < 4.78 is 5.28. The minimum atomic E-state index is -0.343. The number of aryl methyl sites for hydroxylation is 1. The van der Waals surface area contributed by atoms with Crippen molar-refractivity contribution in [2.24, 2.45) is 0 Å². The minimum absolute atomic E-state index is 0.141. The zero-order chi connectivity index (χ0) is 13.7. The topological polar surface area (TPSA) is 67.6 Å². The Morgan fingerprint density at radius 3 is 2.84 bits per heavy atom. The maximum absolute atomic E-state index is 11.0. The number of hydrogen-bond acceptors (Lipinski definition) is 5. The number of anilines is 1. The first kappa shape index (κ1) is 13.8. The summed E-state index contributed by atoms with van der Waals surface area (Å²) in [6, 6.07) is 5.24. The minimum Gasteiger partial charge on any atom is -0.379 e. The molecule has 0 spiro atoms. The summed E-state index contributed by atoms with van der Waals surface area (Å²) >= 11 is 0. The second kappa shape index (κ2) is 6.49. The van der Waals surface area contributed by atoms with E-state index in [1.807, 2.05) is 13.0 Å². The Hall–Kier alpha value is -1.66. The molecule has 0 saturated carbocycles. The van der Waals surface area contributed by atoms with E-state index in [0.717, 1.165) is 38.4 Å². The molecule has 0 unspecified atom stereocenters. The van der Waals surface area contributed by atoms with Crippen LogP contribution in [0.25, 0.3) is 0 Å². The number of nitrogens with one attached hydrogen (secondary N) is 1. The van der Waals surface area contributed by atoms with Gasteiger partial charge < -0.3 is 10.1 Å². The molecular formula is C13H19N3O3. The lowest BCUT2D eigenvalue weighted by Crippen LogP contribution is -2.39. The van der Waals surface area contributed by atoms with Gasteiger partial charge in [-0.15, -0.1) is 0 Å². The average Bonchev–Trinajstić information content (AvgIpc) is 2.41. The van der Waals surface area contributed by atoms with Crippen molar-refractivity contribution in [2.75, 3.05) is 44.7 Å². The smallest absolute Gasteiger partial charge is 0.292 e. The molecule has 0 amide bonds. The van der Waals surface area contributed by atoms with Crippen LogP contribution in [0.1, 0.15) is 5.56 Å². The lowest BCUT2D eigenvalue weighted by molar-refractivity contribution is -0.384. The second-order valence-electron chi connectivity index (χ2n) is 4.66. The predicted octanol–water partition coefficient (Wildman–Crippen LogP) is 1.65. The van der Waals surface area contributed by atoms with Gasteiger partial charge in [-0.25, -0.2) is 0 Å². The quantitative estimate of drug-likeness (QED) is 0.647. The third kappa shape index (κ3) is 3.90. The normalized spacial score (nSPS) is 16.3. The molecule has 0 aromatic heterocycles. The molecule has 1 heterocycles. The fraction of sp³-hybridized carbons (Fsp3) is 0.538. The fourth-order valence-electron chi connectivity index (χ4n) is 2.12. The summed E-state index contributed by atoms with van der Waals surface area (Å²) in [6.07, 6.45) is 0. The molecule has 2 rings (SSSR count). The molecule has 1 aromatic carbocycles. The van der Waals surface area contributed by atoms with E-state index in [4.69, 9.17) is 4.74 Å². The van der Waals surface area contributed by atoms with Crippen LogP contribution in [-0.4, -0.2) is 49.2 Å². The third-order valence-electron chi connectivity index (χ3n) is 3.20. The van der Waals surface area contributed by atoms with Crippen LogP contribution in [-0.2, 0) is 4.74 Å². The highest BCUT2D eigenvalue weighted by molar-refractivity contribution is 5.62. The van der Waals surface area contributed by atoms with E-state index in [9.17, 15) is 10.1 Å². The molecule has 1 aliphatic rings. The van der Waals surface area contributed by atoms with Crippen LogP contribution in [0.3, 0.4) is 0 Å². The molecule has 104 valence electrons. The summed E-state index contributed by atoms with van der Waals surface area (Å²) in [7, 11) is 0. The van der Waals surface area contributed by atoms with E-state index in [1.54, 1.807) is 12.1 Å². The maximum atomic E-state index is 11.0. The molecule has 0 atom stereocenters. The summed E-state index contributed by atoms with van der Waals surface area (Å²) in [5.41, 5.74) is 1.62. The lowest BCUT2D eigenvalue weighted by Gasteiger charge is -2.26. The van der Waals surface area contributed by atoms with E-state index in [0.29, 0.717) is 12.2 Å². The van der Waals surface area contributed by atoms with Gasteiger partial charge in [0, 0.05) is 32.2 Å². The predicted molar refractivity (Wildman–Crippen MR) is 73.6 cm³/mol. The third-order valence-corrected chi connectivity index (χ3v) is 3.20. The van der Waals surface area contributed by atoms with Crippen molar-refractivity contribution in [3.05, 3.63) is 33.9 Å². The van der Waals surface area contributed by atoms with Crippen LogP contribution >= 0.6 is 0 Å². The number of hydrogen-bond donors (Lipinski definition) is 1. The monoisotopic (exact) mass is 265 g/mol. The molecule has 1 fully saturated rings. The van der Waals surface area contributed by atoms with Crippen molar-refractivity contribution in [1.29, 1.82) is 0 Å². The van der Waals surface area contributed by atoms with Gasteiger partial charge in [0.1, 0.15) is 5.69 Å². The number of nitro groups is 1. The van der Waals surface area contributed by atoms with Gasteiger partial charge in [0.15, 0.2) is 0 Å². The van der Waals surface area contributed by atoms with Gasteiger partial charge in [-0.3, -0.25) is 15.0 Å². The van der Waals surface area contributed by atoms with Crippen LogP contribution in [0.4, 0.5) is 11.4 Å². The van der Waals surface area contributed by atoms with Crippen molar-refractivity contribution in [3.63, 3.8) is 0 Å². The largest absolute Gasteiger partial charge is 0.379 e. The number of ether oxygens (including phenoxy) is 1. The Morgan fingerprint density at radius 1 is 1.42 bits per heavy atom. The van der Waals surface area contributed by atoms with Crippen LogP contribution in [0, 0.1) is 17.0 Å². The first-order valence-corrected chi connectivity index (χ1v) is 6.46. The number of morpholine rings is 1. The number of benzene rings is 1. The van der Waals surface area contributed by atoms with E-state index < -0.39 is 0 Å². The van der Waals surface area contributed by atoms with Gasteiger partial charge >= 0.3 is 0 Å². The summed E-state index contributed by atoms with van der Waals surface area (Å²) in [6.45, 7) is 6.81. The summed E-state index contributed by atoms with van der Waals surface area (Å²) in [4.78, 5) is 12.9. The van der Waals surface area contributed by atoms with Gasteiger partial charge in [0.05, 0.1) is 18.1 Å². The Kier molecular flexibility index (Phi) is 4.70. The van der Waals surface area contributed by atoms with Crippen LogP contribution in [0.15, 0.2) is 18.2 Å². The van der Waals surface area contributed by atoms with Crippen LogP contribution < -0.4 is 5.32 Å². The highest BCUT2D eigenvalue weighted by Crippen LogP contribution is 2.24. The maximum Gasteiger partial charge on any atom is 0.292 e. The van der Waals surface area contributed by atoms with Crippen LogP contribution in [0.2, 0.25) is 0 Å². The molecular weight excluding hydrogens is 246 g/mol. The average molecular weight is 265 g/mol. The van der Waals surface area contributed by atoms with Gasteiger partial charge in [-0.05, 0) is 18.6 Å². The van der Waals surface area contributed by atoms with Gasteiger partial charge in [-0.2, -0.15) is 0 Å². The Labute approximate surface area is 112 Å². The molecule has 1 aromatic rings. The molecule has 0 radical (unpaired) electrons. The summed E-state index contributed by atoms with van der Waals surface area (Å²) in [5, 5.41) is 14.1. The lowest BCUT2D eigenvalue weighted by atomic mass is 10.2. The van der Waals surface area contributed by atoms with Crippen molar-refractivity contribution < 1.29 is 9.66 Å². The standard InChI is InChI=1S/C13H19N3O3/c1-11-2-3-12(13(10-11)16(17)18)14-4-5-15-6-8-19-9-7-15/h2-3,10,14H,4-9H2,1H3. The zero-order valence-corrected chi connectivity index (χ0v) is 11.1. The molecule has 1 aliphatic heterocycles. The van der Waals surface area contributed by atoms with Crippen molar-refractivity contribution in [2.45, 2.75) is 6.92 Å². The first-order chi connectivity index (χ1) is 9.16. The second-order valence-corrected chi connectivity index (χ2v) is 4.66. The Bertz CT molecular complexity index is 445. The molecule has 0 aliphatic carbocycles. The molecule has 19 heavy (non-hydrogen) atoms. The number of rotatable bonds is 5. The highest BCUT2D eigenvalue weighted by Gasteiger charge is 2.14. The van der Waals surface area contributed by atoms with Gasteiger partial charge in [0.25, 0.3) is 5.69 Å². The summed E-state index contributed by atoms with van der Waals surface area (Å²) in [5.74, 6) is 0. The first-order valence-electron chi connectivity index (χ1n) is 6.46. The van der Waals surface area contributed by atoms with Crippen molar-refractivity contribution in [1.82, 2.24) is 4.90 Å². The molecule has 0 bridgehead atoms. The number of nitro benzene ring substituents is 1. The molecule has 1 saturated heterocycles. The number of nitrogens with zero attached hydrogens (tertiary/aromatic N) is 2. The SMILES string of the molecule is Cc1ccc(NCCN2CCOCC2)c([N+](=O)[O-])c1. The Balaban J connectivity index is 1.89. The molecule has 1 N–H and O–H groups in total. The fourth-order valence-corrected chi connectivity index (χ4v) is 2.12. The van der Waals surface area contributed by atoms with E-state index in [-0.39, 0.29) is 10.6 Å². The van der Waals surface area contributed by atoms with Crippen LogP contribution in [0.5, 0.6) is 0 Å². The van der Waals surface area contributed by atoms with Crippen molar-refractivity contribution >= 4 is 11.4 Å². The van der Waals surface area contributed by atoms with E-state index in [1.165, 1.54) is 0 Å². The van der Waals surface area contributed by atoms with E-state index >= 15 is 0 Å². The van der Waals surface area contributed by atoms with Gasteiger partial charge in [0.2, 0.25) is 0 Å². The zero-order valence-electron chi connectivity index (χ0n) is 11.1. The molecule has 6 nitrogen and oxygen atoms in total. The van der Waals surface area contributed by atoms with Gasteiger partial charge in [-0.1, -0.05) is 6.07 Å². The Morgan fingerprint density at radius 2 is 2.16 bits per heavy atom. The van der Waals surface area contributed by atoms with Crippen molar-refractivity contribution in [3.8, 4) is 0 Å². The van der Waals surface area contributed by atoms with E-state index in [2.05, 4.69) is 10.2 Å².